The number of nitrogens with zero attached hydrogens (tertiary/aromatic N) is 1. The quantitative estimate of drug-likeness (QED) is 0.584. The fraction of sp³-hybridized carbons (Fsp3) is 0. The van der Waals surface area contributed by atoms with Gasteiger partial charge in [0.2, 0.25) is 0 Å². The Morgan fingerprint density at radius 3 is 2.62 bits per heavy atom. The summed E-state index contributed by atoms with van der Waals surface area (Å²) in [7, 11) is 0. The number of nitro groups is 1. The number of hydrogen-bond donors (Lipinski definition) is 1. The Labute approximate surface area is 118 Å². The number of rotatable bonds is 3. The number of hydrogen-bond acceptors (Lipinski definition) is 4. The Bertz CT molecular complexity index is 865. The number of aromatic carboxylic acids is 1. The van der Waals surface area contributed by atoms with Crippen molar-refractivity contribution in [2.75, 3.05) is 0 Å². The fourth-order valence-electron chi connectivity index (χ4n) is 2.25. The molecule has 6 nitrogen and oxygen atoms in total. The normalized spacial score (nSPS) is 10.7. The Morgan fingerprint density at radius 1 is 1.14 bits per heavy atom. The van der Waals surface area contributed by atoms with Gasteiger partial charge in [0.15, 0.2) is 0 Å². The molecule has 0 amide bonds. The first-order valence-corrected chi connectivity index (χ1v) is 6.07. The van der Waals surface area contributed by atoms with Crippen molar-refractivity contribution in [2.45, 2.75) is 0 Å². The van der Waals surface area contributed by atoms with Crippen LogP contribution in [0.5, 0.6) is 0 Å². The lowest BCUT2D eigenvalue weighted by Gasteiger charge is -2.00. The van der Waals surface area contributed by atoms with Gasteiger partial charge in [-0.1, -0.05) is 30.3 Å². The summed E-state index contributed by atoms with van der Waals surface area (Å²) in [5, 5.41) is 20.8. The topological polar surface area (TPSA) is 93.6 Å². The second-order valence-electron chi connectivity index (χ2n) is 4.42. The van der Waals surface area contributed by atoms with Crippen LogP contribution < -0.4 is 0 Å². The average Bonchev–Trinajstić information content (AvgIpc) is 2.87. The molecule has 0 aliphatic rings. The Morgan fingerprint density at radius 2 is 1.90 bits per heavy atom. The van der Waals surface area contributed by atoms with E-state index in [2.05, 4.69) is 0 Å². The van der Waals surface area contributed by atoms with E-state index in [1.165, 1.54) is 12.1 Å². The second kappa shape index (κ2) is 4.75. The number of carbonyl (C=O) groups is 1. The molecule has 2 aromatic carbocycles. The number of furan rings is 1. The molecular weight excluding hydrogens is 274 g/mol. The summed E-state index contributed by atoms with van der Waals surface area (Å²) in [6.07, 6.45) is 0. The van der Waals surface area contributed by atoms with Gasteiger partial charge in [-0.3, -0.25) is 10.1 Å². The molecule has 1 N–H and O–H groups in total. The van der Waals surface area contributed by atoms with Crippen molar-refractivity contribution in [1.29, 1.82) is 0 Å². The number of fused-ring (bicyclic) bond motifs is 1. The van der Waals surface area contributed by atoms with Gasteiger partial charge in [0.05, 0.1) is 5.56 Å². The van der Waals surface area contributed by atoms with E-state index in [0.717, 1.165) is 0 Å². The maximum atomic E-state index is 11.2. The molecule has 0 radical (unpaired) electrons. The third-order valence-electron chi connectivity index (χ3n) is 3.14. The molecule has 0 bridgehead atoms. The number of carboxylic acid groups (broad SMARTS) is 1. The Hall–Kier alpha value is -3.15. The Kier molecular flexibility index (Phi) is 2.91. The molecule has 1 aromatic heterocycles. The summed E-state index contributed by atoms with van der Waals surface area (Å²) in [6, 6.07) is 12.8. The first-order chi connectivity index (χ1) is 10.1. The van der Waals surface area contributed by atoms with Crippen molar-refractivity contribution in [3.8, 4) is 11.1 Å². The van der Waals surface area contributed by atoms with Gasteiger partial charge in [0.1, 0.15) is 16.1 Å². The number of benzene rings is 2. The van der Waals surface area contributed by atoms with Gasteiger partial charge in [-0.2, -0.15) is 0 Å². The van der Waals surface area contributed by atoms with Crippen LogP contribution in [-0.4, -0.2) is 16.0 Å². The van der Waals surface area contributed by atoms with Crippen LogP contribution in [0.3, 0.4) is 0 Å². The molecule has 0 aliphatic carbocycles. The van der Waals surface area contributed by atoms with E-state index in [4.69, 9.17) is 9.52 Å². The highest BCUT2D eigenvalue weighted by molar-refractivity contribution is 6.00. The molecule has 0 aliphatic heterocycles. The van der Waals surface area contributed by atoms with E-state index in [9.17, 15) is 14.9 Å². The third-order valence-corrected chi connectivity index (χ3v) is 3.14. The number of para-hydroxylation sites is 1. The molecule has 0 saturated heterocycles. The minimum absolute atomic E-state index is 0.0621. The standard InChI is InChI=1S/C15H9NO5/c17-15(18)10-5-3-4-9(8-10)13-11-6-1-2-7-12(11)21-14(13)16(19)20/h1-8H,(H,17,18). The first kappa shape index (κ1) is 12.9. The van der Waals surface area contributed by atoms with Crippen LogP contribution in [0.15, 0.2) is 52.9 Å². The van der Waals surface area contributed by atoms with E-state index in [-0.39, 0.29) is 5.56 Å². The maximum Gasteiger partial charge on any atom is 0.442 e. The lowest BCUT2D eigenvalue weighted by atomic mass is 10.0. The predicted molar refractivity (Wildman–Crippen MR) is 75.3 cm³/mol. The van der Waals surface area contributed by atoms with Gasteiger partial charge in [-0.05, 0) is 23.8 Å². The third kappa shape index (κ3) is 2.12. The van der Waals surface area contributed by atoms with Crippen molar-refractivity contribution >= 4 is 22.8 Å². The lowest BCUT2D eigenvalue weighted by molar-refractivity contribution is -0.400. The van der Waals surface area contributed by atoms with E-state index >= 15 is 0 Å². The summed E-state index contributed by atoms with van der Waals surface area (Å²) in [5.41, 5.74) is 1.18. The fourth-order valence-corrected chi connectivity index (χ4v) is 2.25. The van der Waals surface area contributed by atoms with Gasteiger partial charge in [-0.15, -0.1) is 0 Å². The second-order valence-corrected chi connectivity index (χ2v) is 4.42. The molecule has 3 aromatic rings. The van der Waals surface area contributed by atoms with Crippen molar-refractivity contribution in [2.24, 2.45) is 0 Å². The molecule has 0 fully saturated rings. The predicted octanol–water partition coefficient (Wildman–Crippen LogP) is 3.71. The van der Waals surface area contributed by atoms with Crippen LogP contribution in [0.4, 0.5) is 5.88 Å². The van der Waals surface area contributed by atoms with Crippen LogP contribution >= 0.6 is 0 Å². The summed E-state index contributed by atoms with van der Waals surface area (Å²) in [5.74, 6) is -1.48. The smallest absolute Gasteiger partial charge is 0.442 e. The van der Waals surface area contributed by atoms with E-state index < -0.39 is 16.8 Å². The zero-order chi connectivity index (χ0) is 15.0. The molecule has 1 heterocycles. The molecular formula is C15H9NO5. The lowest BCUT2D eigenvalue weighted by Crippen LogP contribution is -1.96. The van der Waals surface area contributed by atoms with Gasteiger partial charge < -0.3 is 9.52 Å². The average molecular weight is 283 g/mol. The highest BCUT2D eigenvalue weighted by Crippen LogP contribution is 2.39. The molecule has 0 atom stereocenters. The minimum atomic E-state index is -1.09. The van der Waals surface area contributed by atoms with Crippen LogP contribution in [0.2, 0.25) is 0 Å². The molecule has 3 rings (SSSR count). The van der Waals surface area contributed by atoms with Crippen molar-refractivity contribution < 1.29 is 19.2 Å². The van der Waals surface area contributed by atoms with E-state index in [1.54, 1.807) is 36.4 Å². The zero-order valence-corrected chi connectivity index (χ0v) is 10.6. The van der Waals surface area contributed by atoms with Crippen molar-refractivity contribution in [3.63, 3.8) is 0 Å². The van der Waals surface area contributed by atoms with Crippen LogP contribution in [0.25, 0.3) is 22.1 Å². The van der Waals surface area contributed by atoms with Crippen molar-refractivity contribution in [1.82, 2.24) is 0 Å². The van der Waals surface area contributed by atoms with Gasteiger partial charge >= 0.3 is 11.9 Å². The zero-order valence-electron chi connectivity index (χ0n) is 10.6. The van der Waals surface area contributed by atoms with E-state index in [0.29, 0.717) is 22.1 Å². The molecule has 0 spiro atoms. The summed E-state index contributed by atoms with van der Waals surface area (Å²) < 4.78 is 5.27. The van der Waals surface area contributed by atoms with Gasteiger partial charge in [-0.25, -0.2) is 4.79 Å². The summed E-state index contributed by atoms with van der Waals surface area (Å²) in [6.45, 7) is 0. The summed E-state index contributed by atoms with van der Waals surface area (Å²) in [4.78, 5) is 21.6. The van der Waals surface area contributed by atoms with Gasteiger partial charge in [0, 0.05) is 5.39 Å². The molecule has 0 unspecified atom stereocenters. The SMILES string of the molecule is O=C(O)c1cccc(-c2c([N+](=O)[O-])oc3ccccc23)c1. The number of carboxylic acids is 1. The first-order valence-electron chi connectivity index (χ1n) is 6.07. The highest BCUT2D eigenvalue weighted by Gasteiger charge is 2.25. The minimum Gasteiger partial charge on any atom is -0.478 e. The molecule has 21 heavy (non-hydrogen) atoms. The van der Waals surface area contributed by atoms with Crippen LogP contribution in [0.1, 0.15) is 10.4 Å². The maximum absolute atomic E-state index is 11.2. The summed E-state index contributed by atoms with van der Waals surface area (Å²) >= 11 is 0. The van der Waals surface area contributed by atoms with Crippen LogP contribution in [0, 0.1) is 10.1 Å². The monoisotopic (exact) mass is 283 g/mol. The van der Waals surface area contributed by atoms with Gasteiger partial charge in [0.25, 0.3) is 0 Å². The van der Waals surface area contributed by atoms with E-state index in [1.807, 2.05) is 0 Å². The van der Waals surface area contributed by atoms with Crippen LogP contribution in [-0.2, 0) is 0 Å². The molecule has 0 saturated carbocycles. The largest absolute Gasteiger partial charge is 0.478 e. The Balaban J connectivity index is 2.33. The molecule has 6 heteroatoms. The highest BCUT2D eigenvalue weighted by atomic mass is 16.6. The van der Waals surface area contributed by atoms with Crippen molar-refractivity contribution in [3.05, 3.63) is 64.2 Å². The molecule has 104 valence electrons.